The van der Waals surface area contributed by atoms with Gasteiger partial charge in [-0.2, -0.15) is 0 Å². The van der Waals surface area contributed by atoms with Gasteiger partial charge in [-0.3, -0.25) is 0 Å². The van der Waals surface area contributed by atoms with Crippen LogP contribution in [0.4, 0.5) is 8.78 Å². The Morgan fingerprint density at radius 2 is 1.72 bits per heavy atom. The molecule has 1 aromatic carbocycles. The minimum absolute atomic E-state index is 0.0328. The molecule has 1 atom stereocenters. The summed E-state index contributed by atoms with van der Waals surface area (Å²) in [6.07, 6.45) is 2.17. The SMILES string of the molecule is CC(NCCCCN(C)C)c1cc(F)cc(F)c1. The van der Waals surface area contributed by atoms with E-state index in [1.54, 1.807) is 0 Å². The van der Waals surface area contributed by atoms with Crippen molar-refractivity contribution in [2.45, 2.75) is 25.8 Å². The van der Waals surface area contributed by atoms with E-state index in [4.69, 9.17) is 0 Å². The number of nitrogens with zero attached hydrogens (tertiary/aromatic N) is 1. The van der Waals surface area contributed by atoms with E-state index in [0.717, 1.165) is 32.0 Å². The third-order valence-electron chi connectivity index (χ3n) is 2.87. The van der Waals surface area contributed by atoms with E-state index in [1.807, 2.05) is 21.0 Å². The lowest BCUT2D eigenvalue weighted by molar-refractivity contribution is 0.389. The molecule has 0 saturated carbocycles. The fourth-order valence-corrected chi connectivity index (χ4v) is 1.81. The molecule has 0 spiro atoms. The number of hydrogen-bond acceptors (Lipinski definition) is 2. The van der Waals surface area contributed by atoms with E-state index in [9.17, 15) is 8.78 Å². The van der Waals surface area contributed by atoms with Gasteiger partial charge in [0.05, 0.1) is 0 Å². The molecule has 0 aliphatic rings. The number of halogens is 2. The van der Waals surface area contributed by atoms with Crippen LogP contribution in [-0.2, 0) is 0 Å². The third-order valence-corrected chi connectivity index (χ3v) is 2.87. The van der Waals surface area contributed by atoms with Gasteiger partial charge in [-0.1, -0.05) is 0 Å². The summed E-state index contributed by atoms with van der Waals surface area (Å²) < 4.78 is 26.1. The highest BCUT2D eigenvalue weighted by Crippen LogP contribution is 2.15. The van der Waals surface area contributed by atoms with Crippen LogP contribution in [0.3, 0.4) is 0 Å². The highest BCUT2D eigenvalue weighted by molar-refractivity contribution is 5.20. The minimum atomic E-state index is -0.522. The molecule has 0 aliphatic carbocycles. The van der Waals surface area contributed by atoms with Crippen LogP contribution >= 0.6 is 0 Å². The van der Waals surface area contributed by atoms with Crippen LogP contribution in [-0.4, -0.2) is 32.1 Å². The second-order valence-corrected chi connectivity index (χ2v) is 4.89. The Labute approximate surface area is 108 Å². The maximum absolute atomic E-state index is 13.0. The number of hydrogen-bond donors (Lipinski definition) is 1. The smallest absolute Gasteiger partial charge is 0.126 e. The lowest BCUT2D eigenvalue weighted by atomic mass is 10.1. The normalized spacial score (nSPS) is 13.0. The summed E-state index contributed by atoms with van der Waals surface area (Å²) in [6, 6.07) is 3.61. The summed E-state index contributed by atoms with van der Waals surface area (Å²) in [6.45, 7) is 3.83. The molecule has 0 heterocycles. The molecular formula is C14H22F2N2. The van der Waals surface area contributed by atoms with E-state index in [1.165, 1.54) is 12.1 Å². The van der Waals surface area contributed by atoms with Gasteiger partial charge in [0.2, 0.25) is 0 Å². The zero-order chi connectivity index (χ0) is 13.5. The van der Waals surface area contributed by atoms with Crippen molar-refractivity contribution in [3.63, 3.8) is 0 Å². The Morgan fingerprint density at radius 3 is 2.28 bits per heavy atom. The monoisotopic (exact) mass is 256 g/mol. The van der Waals surface area contributed by atoms with Crippen molar-refractivity contribution in [3.05, 3.63) is 35.4 Å². The molecule has 0 amide bonds. The van der Waals surface area contributed by atoms with Crippen LogP contribution < -0.4 is 5.32 Å². The van der Waals surface area contributed by atoms with Gasteiger partial charge in [-0.15, -0.1) is 0 Å². The first-order valence-corrected chi connectivity index (χ1v) is 6.33. The van der Waals surface area contributed by atoms with Crippen LogP contribution in [0.5, 0.6) is 0 Å². The summed E-state index contributed by atoms with van der Waals surface area (Å²) in [5.41, 5.74) is 0.653. The Kier molecular flexibility index (Phi) is 6.22. The molecule has 0 radical (unpaired) electrons. The lowest BCUT2D eigenvalue weighted by Crippen LogP contribution is -2.21. The van der Waals surface area contributed by atoms with Crippen molar-refractivity contribution in [2.75, 3.05) is 27.2 Å². The first kappa shape index (κ1) is 15.1. The quantitative estimate of drug-likeness (QED) is 0.755. The standard InChI is InChI=1S/C14H22F2N2/c1-11(17-6-4-5-7-18(2)3)12-8-13(15)10-14(16)9-12/h8-11,17H,4-7H2,1-3H3. The average molecular weight is 256 g/mol. The van der Waals surface area contributed by atoms with Crippen molar-refractivity contribution in [1.29, 1.82) is 0 Å². The van der Waals surface area contributed by atoms with Crippen molar-refractivity contribution in [2.24, 2.45) is 0 Å². The van der Waals surface area contributed by atoms with Gasteiger partial charge in [0, 0.05) is 12.1 Å². The molecule has 0 saturated heterocycles. The van der Waals surface area contributed by atoms with Crippen molar-refractivity contribution < 1.29 is 8.78 Å². The summed E-state index contributed by atoms with van der Waals surface area (Å²) >= 11 is 0. The first-order valence-electron chi connectivity index (χ1n) is 6.33. The van der Waals surface area contributed by atoms with Crippen molar-refractivity contribution >= 4 is 0 Å². The van der Waals surface area contributed by atoms with Gasteiger partial charge in [0.25, 0.3) is 0 Å². The fourth-order valence-electron chi connectivity index (χ4n) is 1.81. The first-order chi connectivity index (χ1) is 8.49. The number of rotatable bonds is 7. The largest absolute Gasteiger partial charge is 0.310 e. The average Bonchev–Trinajstić information content (AvgIpc) is 2.26. The van der Waals surface area contributed by atoms with Crippen LogP contribution in [0.2, 0.25) is 0 Å². The molecule has 1 unspecified atom stereocenters. The van der Waals surface area contributed by atoms with Crippen LogP contribution in [0.15, 0.2) is 18.2 Å². The maximum atomic E-state index is 13.0. The molecule has 0 bridgehead atoms. The molecule has 2 nitrogen and oxygen atoms in total. The Balaban J connectivity index is 2.34. The van der Waals surface area contributed by atoms with E-state index in [2.05, 4.69) is 10.2 Å². The highest BCUT2D eigenvalue weighted by Gasteiger charge is 2.07. The minimum Gasteiger partial charge on any atom is -0.310 e. The van der Waals surface area contributed by atoms with Gasteiger partial charge < -0.3 is 10.2 Å². The second kappa shape index (κ2) is 7.44. The Morgan fingerprint density at radius 1 is 1.11 bits per heavy atom. The van der Waals surface area contributed by atoms with Gasteiger partial charge >= 0.3 is 0 Å². The molecular weight excluding hydrogens is 234 g/mol. The summed E-state index contributed by atoms with van der Waals surface area (Å²) in [5.74, 6) is -1.04. The van der Waals surface area contributed by atoms with Gasteiger partial charge in [0.15, 0.2) is 0 Å². The van der Waals surface area contributed by atoms with E-state index in [0.29, 0.717) is 5.56 Å². The van der Waals surface area contributed by atoms with E-state index >= 15 is 0 Å². The number of unbranched alkanes of at least 4 members (excludes halogenated alkanes) is 1. The molecule has 0 aromatic heterocycles. The van der Waals surface area contributed by atoms with Crippen LogP contribution in [0.25, 0.3) is 0 Å². The highest BCUT2D eigenvalue weighted by atomic mass is 19.1. The Bertz CT molecular complexity index is 347. The van der Waals surface area contributed by atoms with Crippen molar-refractivity contribution in [3.8, 4) is 0 Å². The second-order valence-electron chi connectivity index (χ2n) is 4.89. The number of nitrogens with one attached hydrogen (secondary N) is 1. The molecule has 102 valence electrons. The molecule has 0 aliphatic heterocycles. The van der Waals surface area contributed by atoms with Gasteiger partial charge in [-0.05, 0) is 64.6 Å². The lowest BCUT2D eigenvalue weighted by Gasteiger charge is -2.15. The molecule has 4 heteroatoms. The molecule has 1 N–H and O–H groups in total. The summed E-state index contributed by atoms with van der Waals surface area (Å²) in [7, 11) is 4.09. The van der Waals surface area contributed by atoms with Gasteiger partial charge in [-0.25, -0.2) is 8.78 Å². The predicted octanol–water partition coefficient (Wildman–Crippen LogP) is 2.96. The summed E-state index contributed by atoms with van der Waals surface area (Å²) in [5, 5.41) is 3.28. The summed E-state index contributed by atoms with van der Waals surface area (Å²) in [4.78, 5) is 2.14. The topological polar surface area (TPSA) is 15.3 Å². The fraction of sp³-hybridized carbons (Fsp3) is 0.571. The molecule has 0 fully saturated rings. The third kappa shape index (κ3) is 5.56. The zero-order valence-corrected chi connectivity index (χ0v) is 11.3. The molecule has 1 aromatic rings. The maximum Gasteiger partial charge on any atom is 0.126 e. The van der Waals surface area contributed by atoms with Gasteiger partial charge in [0.1, 0.15) is 11.6 Å². The van der Waals surface area contributed by atoms with E-state index < -0.39 is 11.6 Å². The molecule has 1 rings (SSSR count). The predicted molar refractivity (Wildman–Crippen MR) is 70.6 cm³/mol. The van der Waals surface area contributed by atoms with Crippen LogP contribution in [0, 0.1) is 11.6 Å². The zero-order valence-electron chi connectivity index (χ0n) is 11.3. The Hall–Kier alpha value is -1.00. The molecule has 18 heavy (non-hydrogen) atoms. The van der Waals surface area contributed by atoms with Crippen LogP contribution in [0.1, 0.15) is 31.4 Å². The number of benzene rings is 1. The van der Waals surface area contributed by atoms with Crippen molar-refractivity contribution in [1.82, 2.24) is 10.2 Å². The van der Waals surface area contributed by atoms with E-state index in [-0.39, 0.29) is 6.04 Å².